The maximum atomic E-state index is 6.14. The van der Waals surface area contributed by atoms with Crippen molar-refractivity contribution in [1.82, 2.24) is 15.3 Å². The standard InChI is InChI=1S/C14H16ClN3/c1-10-5-12(8-18-7-10)14(16-2)6-11-3-4-17-9-13(11)15/h3-5,7-9,14,16H,6H2,1-2H3. The third-order valence-electron chi connectivity index (χ3n) is 2.93. The van der Waals surface area contributed by atoms with E-state index >= 15 is 0 Å². The van der Waals surface area contributed by atoms with E-state index < -0.39 is 0 Å². The Balaban J connectivity index is 2.23. The van der Waals surface area contributed by atoms with Crippen molar-refractivity contribution in [2.75, 3.05) is 7.05 Å². The van der Waals surface area contributed by atoms with Crippen molar-refractivity contribution in [3.05, 3.63) is 58.6 Å². The summed E-state index contributed by atoms with van der Waals surface area (Å²) in [7, 11) is 1.95. The summed E-state index contributed by atoms with van der Waals surface area (Å²) in [6.45, 7) is 2.04. The van der Waals surface area contributed by atoms with Crippen LogP contribution in [0.4, 0.5) is 0 Å². The third-order valence-corrected chi connectivity index (χ3v) is 3.27. The first kappa shape index (κ1) is 13.0. The van der Waals surface area contributed by atoms with Gasteiger partial charge in [-0.3, -0.25) is 9.97 Å². The molecule has 0 aromatic carbocycles. The lowest BCUT2D eigenvalue weighted by atomic mass is 10.0. The van der Waals surface area contributed by atoms with Crippen LogP contribution in [0.25, 0.3) is 0 Å². The van der Waals surface area contributed by atoms with Gasteiger partial charge in [-0.25, -0.2) is 0 Å². The molecule has 0 aliphatic carbocycles. The number of nitrogens with zero attached hydrogens (tertiary/aromatic N) is 2. The Morgan fingerprint density at radius 3 is 2.78 bits per heavy atom. The van der Waals surface area contributed by atoms with E-state index in [0.717, 1.165) is 17.5 Å². The molecule has 0 saturated carbocycles. The summed E-state index contributed by atoms with van der Waals surface area (Å²) in [4.78, 5) is 8.23. The van der Waals surface area contributed by atoms with E-state index in [4.69, 9.17) is 11.6 Å². The number of halogens is 1. The number of aryl methyl sites for hydroxylation is 1. The minimum Gasteiger partial charge on any atom is -0.313 e. The summed E-state index contributed by atoms with van der Waals surface area (Å²) < 4.78 is 0. The van der Waals surface area contributed by atoms with Gasteiger partial charge in [0.2, 0.25) is 0 Å². The van der Waals surface area contributed by atoms with Gasteiger partial charge in [-0.15, -0.1) is 0 Å². The Labute approximate surface area is 112 Å². The molecular weight excluding hydrogens is 246 g/mol. The van der Waals surface area contributed by atoms with Crippen molar-refractivity contribution >= 4 is 11.6 Å². The number of nitrogens with one attached hydrogen (secondary N) is 1. The minimum absolute atomic E-state index is 0.206. The maximum Gasteiger partial charge on any atom is 0.0622 e. The Hall–Kier alpha value is -1.45. The van der Waals surface area contributed by atoms with Gasteiger partial charge in [0.1, 0.15) is 0 Å². The summed E-state index contributed by atoms with van der Waals surface area (Å²) in [6, 6.07) is 4.30. The zero-order valence-corrected chi connectivity index (χ0v) is 11.3. The van der Waals surface area contributed by atoms with Gasteiger partial charge in [-0.05, 0) is 43.1 Å². The summed E-state index contributed by atoms with van der Waals surface area (Å²) in [5.74, 6) is 0. The van der Waals surface area contributed by atoms with Gasteiger partial charge in [0.25, 0.3) is 0 Å². The quantitative estimate of drug-likeness (QED) is 0.920. The maximum absolute atomic E-state index is 6.14. The van der Waals surface area contributed by atoms with Crippen LogP contribution in [-0.2, 0) is 6.42 Å². The molecule has 0 radical (unpaired) electrons. The highest BCUT2D eigenvalue weighted by molar-refractivity contribution is 6.31. The molecule has 3 nitrogen and oxygen atoms in total. The van der Waals surface area contributed by atoms with Crippen molar-refractivity contribution in [2.45, 2.75) is 19.4 Å². The largest absolute Gasteiger partial charge is 0.313 e. The smallest absolute Gasteiger partial charge is 0.0622 e. The van der Waals surface area contributed by atoms with Crippen molar-refractivity contribution in [1.29, 1.82) is 0 Å². The van der Waals surface area contributed by atoms with Crippen LogP contribution in [0, 0.1) is 6.92 Å². The lowest BCUT2D eigenvalue weighted by Crippen LogP contribution is -2.19. The average molecular weight is 262 g/mol. The molecule has 4 heteroatoms. The zero-order valence-electron chi connectivity index (χ0n) is 10.5. The van der Waals surface area contributed by atoms with Crippen LogP contribution < -0.4 is 5.32 Å². The Kier molecular flexibility index (Phi) is 4.28. The second kappa shape index (κ2) is 5.94. The van der Waals surface area contributed by atoms with Crippen LogP contribution in [0.5, 0.6) is 0 Å². The van der Waals surface area contributed by atoms with E-state index in [1.165, 1.54) is 5.56 Å². The number of rotatable bonds is 4. The fourth-order valence-corrected chi connectivity index (χ4v) is 2.14. The number of likely N-dealkylation sites (N-methyl/N-ethyl adjacent to an activating group) is 1. The molecule has 0 bridgehead atoms. The third kappa shape index (κ3) is 3.06. The molecule has 1 N–H and O–H groups in total. The van der Waals surface area contributed by atoms with Gasteiger partial charge in [-0.2, -0.15) is 0 Å². The summed E-state index contributed by atoms with van der Waals surface area (Å²) in [5.41, 5.74) is 3.42. The second-order valence-electron chi connectivity index (χ2n) is 4.31. The van der Waals surface area contributed by atoms with Gasteiger partial charge < -0.3 is 5.32 Å². The van der Waals surface area contributed by atoms with Gasteiger partial charge in [0.15, 0.2) is 0 Å². The molecule has 2 rings (SSSR count). The first-order valence-corrected chi connectivity index (χ1v) is 6.25. The molecule has 94 valence electrons. The predicted molar refractivity (Wildman–Crippen MR) is 73.7 cm³/mol. The van der Waals surface area contributed by atoms with Crippen molar-refractivity contribution in [3.63, 3.8) is 0 Å². The first-order chi connectivity index (χ1) is 8.70. The second-order valence-corrected chi connectivity index (χ2v) is 4.72. The monoisotopic (exact) mass is 261 g/mol. The van der Waals surface area contributed by atoms with Gasteiger partial charge in [0.05, 0.1) is 5.02 Å². The van der Waals surface area contributed by atoms with Gasteiger partial charge in [-0.1, -0.05) is 17.7 Å². The normalized spacial score (nSPS) is 12.4. The lowest BCUT2D eigenvalue weighted by Gasteiger charge is -2.17. The number of pyridine rings is 2. The molecule has 2 aromatic heterocycles. The molecule has 0 aliphatic rings. The Morgan fingerprint density at radius 1 is 1.28 bits per heavy atom. The van der Waals surface area contributed by atoms with Gasteiger partial charge in [0, 0.05) is 30.8 Å². The fourth-order valence-electron chi connectivity index (χ4n) is 1.94. The first-order valence-electron chi connectivity index (χ1n) is 5.88. The summed E-state index contributed by atoms with van der Waals surface area (Å²) >= 11 is 6.14. The number of hydrogen-bond donors (Lipinski definition) is 1. The molecule has 2 aromatic rings. The van der Waals surface area contributed by atoms with E-state index in [9.17, 15) is 0 Å². The molecule has 0 spiro atoms. The van der Waals surface area contributed by atoms with Crippen molar-refractivity contribution in [2.24, 2.45) is 0 Å². The van der Waals surface area contributed by atoms with E-state index in [1.54, 1.807) is 12.4 Å². The molecule has 0 amide bonds. The van der Waals surface area contributed by atoms with Crippen LogP contribution >= 0.6 is 11.6 Å². The van der Waals surface area contributed by atoms with E-state index in [2.05, 4.69) is 21.4 Å². The predicted octanol–water partition coefficient (Wildman–Crippen LogP) is 2.94. The molecule has 0 saturated heterocycles. The highest BCUT2D eigenvalue weighted by Crippen LogP contribution is 2.22. The van der Waals surface area contributed by atoms with Crippen molar-refractivity contribution < 1.29 is 0 Å². The molecule has 0 aliphatic heterocycles. The van der Waals surface area contributed by atoms with E-state index in [-0.39, 0.29) is 6.04 Å². The fraction of sp³-hybridized carbons (Fsp3) is 0.286. The van der Waals surface area contributed by atoms with Gasteiger partial charge >= 0.3 is 0 Å². The molecule has 18 heavy (non-hydrogen) atoms. The number of aromatic nitrogens is 2. The summed E-state index contributed by atoms with van der Waals surface area (Å²) in [6.07, 6.45) is 8.02. The van der Waals surface area contributed by atoms with Crippen LogP contribution in [0.15, 0.2) is 36.9 Å². The topological polar surface area (TPSA) is 37.8 Å². The zero-order chi connectivity index (χ0) is 13.0. The Bertz CT molecular complexity index is 528. The molecular formula is C14H16ClN3. The molecule has 2 heterocycles. The Morgan fingerprint density at radius 2 is 2.11 bits per heavy atom. The van der Waals surface area contributed by atoms with Crippen LogP contribution in [-0.4, -0.2) is 17.0 Å². The highest BCUT2D eigenvalue weighted by atomic mass is 35.5. The average Bonchev–Trinajstić information content (AvgIpc) is 2.38. The van der Waals surface area contributed by atoms with E-state index in [1.807, 2.05) is 32.4 Å². The van der Waals surface area contributed by atoms with E-state index in [0.29, 0.717) is 5.02 Å². The van der Waals surface area contributed by atoms with Crippen LogP contribution in [0.3, 0.4) is 0 Å². The van der Waals surface area contributed by atoms with Crippen molar-refractivity contribution in [3.8, 4) is 0 Å². The lowest BCUT2D eigenvalue weighted by molar-refractivity contribution is 0.589. The minimum atomic E-state index is 0.206. The van der Waals surface area contributed by atoms with Crippen LogP contribution in [0.2, 0.25) is 5.02 Å². The molecule has 1 unspecified atom stereocenters. The summed E-state index contributed by atoms with van der Waals surface area (Å²) in [5, 5.41) is 4.01. The number of hydrogen-bond acceptors (Lipinski definition) is 3. The SMILES string of the molecule is CNC(Cc1ccncc1Cl)c1cncc(C)c1. The highest BCUT2D eigenvalue weighted by Gasteiger charge is 2.12. The molecule has 0 fully saturated rings. The molecule has 1 atom stereocenters. The van der Waals surface area contributed by atoms with Crippen LogP contribution in [0.1, 0.15) is 22.7 Å².